The Balaban J connectivity index is 1.38. The van der Waals surface area contributed by atoms with E-state index in [1.54, 1.807) is 21.8 Å². The Morgan fingerprint density at radius 3 is 3.10 bits per heavy atom. The first-order valence-corrected chi connectivity index (χ1v) is 9.41. The van der Waals surface area contributed by atoms with Gasteiger partial charge in [0.1, 0.15) is 0 Å². The van der Waals surface area contributed by atoms with Crippen molar-refractivity contribution in [3.63, 3.8) is 0 Å². The van der Waals surface area contributed by atoms with Crippen LogP contribution in [0.25, 0.3) is 0 Å². The fourth-order valence-corrected chi connectivity index (χ4v) is 4.59. The highest BCUT2D eigenvalue weighted by Crippen LogP contribution is 2.24. The van der Waals surface area contributed by atoms with Gasteiger partial charge in [0.15, 0.2) is 0 Å². The summed E-state index contributed by atoms with van der Waals surface area (Å²) >= 11 is 9.43. The Morgan fingerprint density at radius 2 is 2.25 bits per heavy atom. The van der Waals surface area contributed by atoms with Crippen LogP contribution in [0, 0.1) is 0 Å². The van der Waals surface area contributed by atoms with Crippen LogP contribution in [-0.4, -0.2) is 23.0 Å². The second-order valence-electron chi connectivity index (χ2n) is 5.22. The third-order valence-electron chi connectivity index (χ3n) is 3.74. The number of alkyl halides is 1. The van der Waals surface area contributed by atoms with Gasteiger partial charge in [0, 0.05) is 23.3 Å². The van der Waals surface area contributed by atoms with E-state index in [1.165, 1.54) is 37.4 Å². The third kappa shape index (κ3) is 3.61. The SMILES string of the molecule is ClCc1csc(CCCCN2CCc3sccc3C2)n1. The maximum Gasteiger partial charge on any atom is 0.0928 e. The molecule has 0 spiro atoms. The summed E-state index contributed by atoms with van der Waals surface area (Å²) in [6.07, 6.45) is 4.81. The molecular formula is C15H19ClN2S2. The van der Waals surface area contributed by atoms with E-state index in [9.17, 15) is 0 Å². The van der Waals surface area contributed by atoms with Crippen LogP contribution >= 0.6 is 34.3 Å². The van der Waals surface area contributed by atoms with Gasteiger partial charge in [-0.2, -0.15) is 0 Å². The van der Waals surface area contributed by atoms with E-state index in [0.29, 0.717) is 5.88 Å². The number of fused-ring (bicyclic) bond motifs is 1. The largest absolute Gasteiger partial charge is 0.299 e. The quantitative estimate of drug-likeness (QED) is 0.580. The lowest BCUT2D eigenvalue weighted by Gasteiger charge is -2.26. The Hall–Kier alpha value is -0.420. The summed E-state index contributed by atoms with van der Waals surface area (Å²) in [6, 6.07) is 2.29. The van der Waals surface area contributed by atoms with E-state index < -0.39 is 0 Å². The molecule has 0 N–H and O–H groups in total. The molecule has 0 saturated carbocycles. The summed E-state index contributed by atoms with van der Waals surface area (Å²) in [6.45, 7) is 3.58. The van der Waals surface area contributed by atoms with Gasteiger partial charge in [0.05, 0.1) is 16.6 Å². The van der Waals surface area contributed by atoms with E-state index in [-0.39, 0.29) is 0 Å². The van der Waals surface area contributed by atoms with Crippen molar-refractivity contribution >= 4 is 34.3 Å². The summed E-state index contributed by atoms with van der Waals surface area (Å²) in [5.41, 5.74) is 2.57. The zero-order valence-electron chi connectivity index (χ0n) is 11.5. The monoisotopic (exact) mass is 326 g/mol. The molecule has 2 aromatic rings. The van der Waals surface area contributed by atoms with Gasteiger partial charge in [-0.05, 0) is 49.2 Å². The van der Waals surface area contributed by atoms with Crippen molar-refractivity contribution in [3.05, 3.63) is 38.0 Å². The summed E-state index contributed by atoms with van der Waals surface area (Å²) in [7, 11) is 0. The van der Waals surface area contributed by atoms with Crippen molar-refractivity contribution in [2.45, 2.75) is 38.1 Å². The Kier molecular flexibility index (Phi) is 5.10. The zero-order valence-corrected chi connectivity index (χ0v) is 13.9. The van der Waals surface area contributed by atoms with Gasteiger partial charge >= 0.3 is 0 Å². The van der Waals surface area contributed by atoms with Crippen LogP contribution in [0.2, 0.25) is 0 Å². The van der Waals surface area contributed by atoms with Crippen LogP contribution in [-0.2, 0) is 25.3 Å². The number of thiophene rings is 1. The number of unbranched alkanes of at least 4 members (excludes halogenated alkanes) is 1. The Morgan fingerprint density at radius 1 is 1.30 bits per heavy atom. The minimum Gasteiger partial charge on any atom is -0.299 e. The molecule has 0 amide bonds. The molecule has 0 aliphatic carbocycles. The van der Waals surface area contributed by atoms with Gasteiger partial charge < -0.3 is 0 Å². The average Bonchev–Trinajstić information content (AvgIpc) is 3.11. The fourth-order valence-electron chi connectivity index (χ4n) is 2.63. The molecule has 1 aliphatic rings. The van der Waals surface area contributed by atoms with Gasteiger partial charge in [-0.1, -0.05) is 0 Å². The summed E-state index contributed by atoms with van der Waals surface area (Å²) in [4.78, 5) is 8.69. The molecule has 0 aromatic carbocycles. The maximum atomic E-state index is 5.77. The van der Waals surface area contributed by atoms with E-state index in [1.807, 2.05) is 11.3 Å². The minimum absolute atomic E-state index is 0.535. The highest BCUT2D eigenvalue weighted by atomic mass is 35.5. The lowest BCUT2D eigenvalue weighted by molar-refractivity contribution is 0.251. The average molecular weight is 327 g/mol. The second-order valence-corrected chi connectivity index (χ2v) is 7.43. The number of hydrogen-bond acceptors (Lipinski definition) is 4. The summed E-state index contributed by atoms with van der Waals surface area (Å²) in [5, 5.41) is 5.54. The predicted molar refractivity (Wildman–Crippen MR) is 87.9 cm³/mol. The molecule has 3 rings (SSSR count). The van der Waals surface area contributed by atoms with Crippen LogP contribution in [0.3, 0.4) is 0 Å². The number of thiazole rings is 1. The second kappa shape index (κ2) is 7.03. The van der Waals surface area contributed by atoms with E-state index in [0.717, 1.165) is 18.7 Å². The first-order chi connectivity index (χ1) is 9.85. The molecule has 3 heterocycles. The first-order valence-electron chi connectivity index (χ1n) is 7.12. The lowest BCUT2D eigenvalue weighted by atomic mass is 10.1. The van der Waals surface area contributed by atoms with Crippen molar-refractivity contribution in [2.24, 2.45) is 0 Å². The summed E-state index contributed by atoms with van der Waals surface area (Å²) in [5.74, 6) is 0.535. The molecule has 0 radical (unpaired) electrons. The standard InChI is InChI=1S/C15H19ClN2S2/c16-9-13-11-20-15(17-13)3-1-2-6-18-7-4-14-12(10-18)5-8-19-14/h5,8,11H,1-4,6-7,9-10H2. The molecule has 2 nitrogen and oxygen atoms in total. The van der Waals surface area contributed by atoms with Crippen LogP contribution in [0.5, 0.6) is 0 Å². The predicted octanol–water partition coefficient (Wildman–Crippen LogP) is 4.32. The number of rotatable bonds is 6. The molecule has 0 atom stereocenters. The molecule has 1 aliphatic heterocycles. The number of aryl methyl sites for hydroxylation is 1. The molecule has 0 fully saturated rings. The highest BCUT2D eigenvalue weighted by Gasteiger charge is 2.16. The van der Waals surface area contributed by atoms with Gasteiger partial charge in [-0.3, -0.25) is 4.90 Å². The fraction of sp³-hybridized carbons (Fsp3) is 0.533. The van der Waals surface area contributed by atoms with Crippen molar-refractivity contribution in [1.29, 1.82) is 0 Å². The molecule has 5 heteroatoms. The molecule has 0 bridgehead atoms. The lowest BCUT2D eigenvalue weighted by Crippen LogP contribution is -2.30. The zero-order chi connectivity index (χ0) is 13.8. The molecule has 20 heavy (non-hydrogen) atoms. The number of nitrogens with zero attached hydrogens (tertiary/aromatic N) is 2. The van der Waals surface area contributed by atoms with Gasteiger partial charge in [0.25, 0.3) is 0 Å². The van der Waals surface area contributed by atoms with Crippen LogP contribution in [0.4, 0.5) is 0 Å². The molecule has 0 saturated heterocycles. The topological polar surface area (TPSA) is 16.1 Å². The van der Waals surface area contributed by atoms with E-state index >= 15 is 0 Å². The first kappa shape index (κ1) is 14.5. The van der Waals surface area contributed by atoms with Crippen molar-refractivity contribution in [2.75, 3.05) is 13.1 Å². The van der Waals surface area contributed by atoms with E-state index in [2.05, 4.69) is 26.7 Å². The van der Waals surface area contributed by atoms with Crippen molar-refractivity contribution in [3.8, 4) is 0 Å². The number of halogens is 1. The number of aromatic nitrogens is 1. The van der Waals surface area contributed by atoms with Gasteiger partial charge in [-0.15, -0.1) is 34.3 Å². The van der Waals surface area contributed by atoms with Crippen LogP contribution in [0.1, 0.15) is 34.0 Å². The molecule has 0 unspecified atom stereocenters. The Labute approximate surface area is 133 Å². The van der Waals surface area contributed by atoms with Crippen LogP contribution < -0.4 is 0 Å². The van der Waals surface area contributed by atoms with E-state index in [4.69, 9.17) is 11.6 Å². The maximum absolute atomic E-state index is 5.77. The molecule has 108 valence electrons. The number of hydrogen-bond donors (Lipinski definition) is 0. The Bertz CT molecular complexity index is 550. The van der Waals surface area contributed by atoms with Crippen LogP contribution in [0.15, 0.2) is 16.8 Å². The van der Waals surface area contributed by atoms with Gasteiger partial charge in [0.2, 0.25) is 0 Å². The van der Waals surface area contributed by atoms with Crippen molar-refractivity contribution in [1.82, 2.24) is 9.88 Å². The smallest absolute Gasteiger partial charge is 0.0928 e. The van der Waals surface area contributed by atoms with Crippen molar-refractivity contribution < 1.29 is 0 Å². The normalized spacial score (nSPS) is 15.4. The highest BCUT2D eigenvalue weighted by molar-refractivity contribution is 7.10. The molecular weight excluding hydrogens is 308 g/mol. The summed E-state index contributed by atoms with van der Waals surface area (Å²) < 4.78 is 0. The third-order valence-corrected chi connectivity index (χ3v) is 5.99. The molecule has 2 aromatic heterocycles. The van der Waals surface area contributed by atoms with Gasteiger partial charge in [-0.25, -0.2) is 4.98 Å². The minimum atomic E-state index is 0.535.